The molecule has 156 valence electrons. The van der Waals surface area contributed by atoms with E-state index in [2.05, 4.69) is 10.0 Å². The molecule has 0 radical (unpaired) electrons. The highest BCUT2D eigenvalue weighted by molar-refractivity contribution is 7.89. The van der Waals surface area contributed by atoms with E-state index in [-0.39, 0.29) is 30.0 Å². The van der Waals surface area contributed by atoms with Crippen LogP contribution in [0.25, 0.3) is 0 Å². The van der Waals surface area contributed by atoms with Gasteiger partial charge in [0.2, 0.25) is 21.8 Å². The smallest absolute Gasteiger partial charge is 0.241 e. The van der Waals surface area contributed by atoms with Gasteiger partial charge in [0.1, 0.15) is 0 Å². The first-order valence-corrected chi connectivity index (χ1v) is 10.8. The summed E-state index contributed by atoms with van der Waals surface area (Å²) in [7, 11) is -3.80. The van der Waals surface area contributed by atoms with E-state index < -0.39 is 28.0 Å². The quantitative estimate of drug-likeness (QED) is 0.661. The van der Waals surface area contributed by atoms with Gasteiger partial charge in [0, 0.05) is 18.7 Å². The second kappa shape index (κ2) is 9.49. The predicted octanol–water partition coefficient (Wildman–Crippen LogP) is 0.887. The lowest BCUT2D eigenvalue weighted by atomic mass is 10.1. The maximum atomic E-state index is 12.7. The van der Waals surface area contributed by atoms with E-state index in [0.717, 1.165) is 12.8 Å². The van der Waals surface area contributed by atoms with Crippen LogP contribution >= 0.6 is 0 Å². The Morgan fingerprint density at radius 1 is 1.21 bits per heavy atom. The zero-order chi connectivity index (χ0) is 20.8. The molecule has 0 aliphatic carbocycles. The first-order valence-electron chi connectivity index (χ1n) is 9.32. The molecule has 1 aromatic rings. The summed E-state index contributed by atoms with van der Waals surface area (Å²) >= 11 is 0. The monoisotopic (exact) mass is 411 g/mol. The molecule has 1 aliphatic heterocycles. The number of nitrogens with one attached hydrogen (secondary N) is 2. The van der Waals surface area contributed by atoms with Crippen molar-refractivity contribution in [3.8, 4) is 0 Å². The highest BCUT2D eigenvalue weighted by atomic mass is 32.2. The maximum absolute atomic E-state index is 12.7. The molecule has 0 saturated carbocycles. The van der Waals surface area contributed by atoms with E-state index in [1.807, 2.05) is 20.8 Å². The fourth-order valence-corrected chi connectivity index (χ4v) is 3.87. The molecule has 2 N–H and O–H groups in total. The third-order valence-corrected chi connectivity index (χ3v) is 5.53. The minimum absolute atomic E-state index is 0.0824. The summed E-state index contributed by atoms with van der Waals surface area (Å²) in [5, 5.41) is 2.82. The molecule has 28 heavy (non-hydrogen) atoms. The van der Waals surface area contributed by atoms with Crippen LogP contribution in [-0.4, -0.2) is 63.0 Å². The Bertz CT molecular complexity index is 769. The molecule has 1 aliphatic rings. The minimum Gasteiger partial charge on any atom is -0.376 e. The number of hydrogen-bond donors (Lipinski definition) is 2. The van der Waals surface area contributed by atoms with Crippen LogP contribution < -0.4 is 10.0 Å². The maximum Gasteiger partial charge on any atom is 0.241 e. The van der Waals surface area contributed by atoms with E-state index in [9.17, 15) is 18.0 Å². The van der Waals surface area contributed by atoms with Gasteiger partial charge in [-0.25, -0.2) is 13.1 Å². The lowest BCUT2D eigenvalue weighted by Gasteiger charge is -2.27. The standard InChI is InChI=1S/C19H29N3O5S/c1-19(2,3)21-17(23)14-22(13-15-8-7-11-27-15)18(24)12-20-28(25,26)16-9-5-4-6-10-16/h4-6,9-10,15,20H,7-8,11-14H2,1-3H3,(H,21,23)/t15-/m1/s1. The van der Waals surface area contributed by atoms with E-state index in [4.69, 9.17) is 4.74 Å². The van der Waals surface area contributed by atoms with Gasteiger partial charge in [-0.1, -0.05) is 18.2 Å². The Morgan fingerprint density at radius 2 is 1.89 bits per heavy atom. The fraction of sp³-hybridized carbons (Fsp3) is 0.579. The molecule has 1 aromatic carbocycles. The molecule has 1 atom stereocenters. The molecular formula is C19H29N3O5S. The van der Waals surface area contributed by atoms with E-state index in [1.165, 1.54) is 17.0 Å². The molecule has 0 unspecified atom stereocenters. The molecule has 0 spiro atoms. The SMILES string of the molecule is CC(C)(C)NC(=O)CN(C[C@H]1CCCO1)C(=O)CNS(=O)(=O)c1ccccc1. The summed E-state index contributed by atoms with van der Waals surface area (Å²) in [6.45, 7) is 5.86. The van der Waals surface area contributed by atoms with Gasteiger partial charge in [0.05, 0.1) is 24.1 Å². The largest absolute Gasteiger partial charge is 0.376 e. The van der Waals surface area contributed by atoms with E-state index >= 15 is 0 Å². The zero-order valence-electron chi connectivity index (χ0n) is 16.6. The summed E-state index contributed by atoms with van der Waals surface area (Å²) < 4.78 is 32.5. The van der Waals surface area contributed by atoms with Crippen LogP contribution in [0, 0.1) is 0 Å². The van der Waals surface area contributed by atoms with Crippen LogP contribution in [0.5, 0.6) is 0 Å². The van der Waals surface area contributed by atoms with Crippen molar-refractivity contribution in [2.24, 2.45) is 0 Å². The average Bonchev–Trinajstić information content (AvgIpc) is 3.11. The van der Waals surface area contributed by atoms with Gasteiger partial charge in [-0.3, -0.25) is 9.59 Å². The predicted molar refractivity (Wildman–Crippen MR) is 105 cm³/mol. The Labute approximate surface area is 166 Å². The van der Waals surface area contributed by atoms with Crippen LogP contribution in [0.15, 0.2) is 35.2 Å². The number of carbonyl (C=O) groups excluding carboxylic acids is 2. The normalized spacial score (nSPS) is 17.3. The number of amides is 2. The number of hydrogen-bond acceptors (Lipinski definition) is 5. The summed E-state index contributed by atoms with van der Waals surface area (Å²) in [5.41, 5.74) is -0.426. The fourth-order valence-electron chi connectivity index (χ4n) is 2.87. The van der Waals surface area contributed by atoms with Crippen LogP contribution in [0.2, 0.25) is 0 Å². The molecule has 2 amide bonds. The van der Waals surface area contributed by atoms with Crippen molar-refractivity contribution >= 4 is 21.8 Å². The molecule has 2 rings (SSSR count). The first kappa shape index (κ1) is 22.3. The molecule has 9 heteroatoms. The molecule has 1 heterocycles. The summed E-state index contributed by atoms with van der Waals surface area (Å²) in [6.07, 6.45) is 1.57. The van der Waals surface area contributed by atoms with Crippen molar-refractivity contribution in [1.82, 2.24) is 14.9 Å². The number of nitrogens with zero attached hydrogens (tertiary/aromatic N) is 1. The Balaban J connectivity index is 2.02. The third kappa shape index (κ3) is 7.21. The summed E-state index contributed by atoms with van der Waals surface area (Å²) in [6, 6.07) is 7.83. The van der Waals surface area contributed by atoms with Crippen LogP contribution in [0.4, 0.5) is 0 Å². The van der Waals surface area contributed by atoms with Crippen molar-refractivity contribution in [1.29, 1.82) is 0 Å². The number of sulfonamides is 1. The number of rotatable bonds is 8. The molecule has 0 bridgehead atoms. The van der Waals surface area contributed by atoms with Crippen molar-refractivity contribution in [3.63, 3.8) is 0 Å². The van der Waals surface area contributed by atoms with Crippen LogP contribution in [0.1, 0.15) is 33.6 Å². The molecule has 1 saturated heterocycles. The topological polar surface area (TPSA) is 105 Å². The van der Waals surface area contributed by atoms with Gasteiger partial charge in [0.25, 0.3) is 0 Å². The molecular weight excluding hydrogens is 382 g/mol. The van der Waals surface area contributed by atoms with Crippen molar-refractivity contribution in [2.75, 3.05) is 26.2 Å². The highest BCUT2D eigenvalue weighted by Crippen LogP contribution is 2.14. The lowest BCUT2D eigenvalue weighted by Crippen LogP contribution is -2.50. The Morgan fingerprint density at radius 3 is 2.46 bits per heavy atom. The van der Waals surface area contributed by atoms with Gasteiger partial charge >= 0.3 is 0 Å². The van der Waals surface area contributed by atoms with Crippen LogP contribution in [0.3, 0.4) is 0 Å². The van der Waals surface area contributed by atoms with Gasteiger partial charge in [-0.05, 0) is 45.7 Å². The van der Waals surface area contributed by atoms with Crippen molar-refractivity contribution in [2.45, 2.75) is 50.2 Å². The lowest BCUT2D eigenvalue weighted by molar-refractivity contribution is -0.137. The average molecular weight is 412 g/mol. The van der Waals surface area contributed by atoms with E-state index in [1.54, 1.807) is 18.2 Å². The first-order chi connectivity index (χ1) is 13.1. The molecule has 8 nitrogen and oxygen atoms in total. The van der Waals surface area contributed by atoms with E-state index in [0.29, 0.717) is 6.61 Å². The molecule has 0 aromatic heterocycles. The van der Waals surface area contributed by atoms with Crippen molar-refractivity contribution in [3.05, 3.63) is 30.3 Å². The van der Waals surface area contributed by atoms with Gasteiger partial charge < -0.3 is 15.0 Å². The molecule has 1 fully saturated rings. The second-order valence-corrected chi connectivity index (χ2v) is 9.61. The Kier molecular flexibility index (Phi) is 7.56. The summed E-state index contributed by atoms with van der Waals surface area (Å²) in [5.74, 6) is -0.774. The number of carbonyl (C=O) groups is 2. The van der Waals surface area contributed by atoms with Gasteiger partial charge in [0.15, 0.2) is 0 Å². The van der Waals surface area contributed by atoms with Gasteiger partial charge in [-0.2, -0.15) is 0 Å². The van der Waals surface area contributed by atoms with Crippen LogP contribution in [-0.2, 0) is 24.3 Å². The number of ether oxygens (including phenoxy) is 1. The third-order valence-electron chi connectivity index (χ3n) is 4.12. The minimum atomic E-state index is -3.80. The zero-order valence-corrected chi connectivity index (χ0v) is 17.4. The number of benzene rings is 1. The van der Waals surface area contributed by atoms with Gasteiger partial charge in [-0.15, -0.1) is 0 Å². The second-order valence-electron chi connectivity index (χ2n) is 7.85. The summed E-state index contributed by atoms with van der Waals surface area (Å²) in [4.78, 5) is 26.4. The Hall–Kier alpha value is -1.97. The highest BCUT2D eigenvalue weighted by Gasteiger charge is 2.26. The van der Waals surface area contributed by atoms with Crippen molar-refractivity contribution < 1.29 is 22.7 Å².